The van der Waals surface area contributed by atoms with Crippen molar-refractivity contribution in [1.29, 1.82) is 0 Å². The highest BCUT2D eigenvalue weighted by Crippen LogP contribution is 2.60. The van der Waals surface area contributed by atoms with E-state index in [1.54, 1.807) is 7.11 Å². The molecule has 3 aliphatic heterocycles. The zero-order valence-electron chi connectivity index (χ0n) is 20.1. The van der Waals surface area contributed by atoms with Gasteiger partial charge in [0.2, 0.25) is 6.41 Å². The molecule has 0 bridgehead atoms. The van der Waals surface area contributed by atoms with Crippen LogP contribution in [0.3, 0.4) is 0 Å². The van der Waals surface area contributed by atoms with E-state index in [-0.39, 0.29) is 30.0 Å². The number of likely N-dealkylation sites (N-methyl/N-ethyl adjacent to an activating group) is 1. The molecular weight excluding hydrogens is 422 g/mol. The fraction of sp³-hybridized carbons (Fsp3) is 0.640. The SMILES string of the molecule is CC.COc1ccc2c(c1)N(C)C1C(O)C(O)C3C=CCN4CC[C@]21C34.O=CNCCCO. The van der Waals surface area contributed by atoms with Gasteiger partial charge < -0.3 is 30.3 Å². The van der Waals surface area contributed by atoms with E-state index in [9.17, 15) is 15.0 Å². The number of carbonyl (C=O) groups is 1. The van der Waals surface area contributed by atoms with Gasteiger partial charge in [0, 0.05) is 55.9 Å². The molecule has 6 atom stereocenters. The number of aliphatic hydroxyl groups excluding tert-OH is 3. The normalized spacial score (nSPS) is 32.9. The first-order valence-corrected chi connectivity index (χ1v) is 12.0. The van der Waals surface area contributed by atoms with Crippen LogP contribution in [-0.4, -0.2) is 91.3 Å². The molecule has 0 radical (unpaired) electrons. The highest BCUT2D eigenvalue weighted by Gasteiger charge is 2.67. The Balaban J connectivity index is 0.000000295. The van der Waals surface area contributed by atoms with Crippen LogP contribution in [-0.2, 0) is 10.2 Å². The van der Waals surface area contributed by atoms with E-state index in [1.807, 2.05) is 27.0 Å². The molecule has 1 saturated heterocycles. The lowest BCUT2D eigenvalue weighted by Gasteiger charge is -2.54. The number of hydrogen-bond acceptors (Lipinski definition) is 7. The van der Waals surface area contributed by atoms with Crippen molar-refractivity contribution in [3.05, 3.63) is 35.9 Å². The van der Waals surface area contributed by atoms with Crippen molar-refractivity contribution in [3.8, 4) is 5.75 Å². The van der Waals surface area contributed by atoms with Gasteiger partial charge in [-0.25, -0.2) is 0 Å². The van der Waals surface area contributed by atoms with Crippen LogP contribution < -0.4 is 15.0 Å². The first-order chi connectivity index (χ1) is 16.0. The Kier molecular flexibility index (Phi) is 8.39. The Morgan fingerprint density at radius 2 is 2.00 bits per heavy atom. The van der Waals surface area contributed by atoms with Crippen LogP contribution >= 0.6 is 0 Å². The molecule has 1 aromatic carbocycles. The molecule has 4 aliphatic rings. The summed E-state index contributed by atoms with van der Waals surface area (Å²) in [4.78, 5) is 14.1. The van der Waals surface area contributed by atoms with Gasteiger partial charge in [0.25, 0.3) is 0 Å². The average Bonchev–Trinajstić information content (AvgIpc) is 3.36. The van der Waals surface area contributed by atoms with Gasteiger partial charge in [0.05, 0.1) is 19.3 Å². The minimum Gasteiger partial charge on any atom is -0.497 e. The molecule has 1 aliphatic carbocycles. The summed E-state index contributed by atoms with van der Waals surface area (Å²) < 4.78 is 5.41. The lowest BCUT2D eigenvalue weighted by atomic mass is 9.58. The molecule has 4 N–H and O–H groups in total. The quantitative estimate of drug-likeness (QED) is 0.293. The standard InChI is InChI=1S/C19H24N2O3.C4H9NO2.C2H6/c1-20-14-10-11(24-2)5-6-13(14)19-7-9-21-8-3-4-12(17(19)21)15(22)16(23)18(19)20;6-3-1-2-5-4-7;1-2/h3-6,10,12,15-18,22-23H,7-9H2,1-2H3;4,6H,1-3H2,(H,5,7);1-2H3/t12?,15?,16?,17?,18?,19-;;/m1../s1. The first kappa shape index (κ1) is 25.5. The molecule has 184 valence electrons. The van der Waals surface area contributed by atoms with Crippen molar-refractivity contribution < 1.29 is 24.9 Å². The molecule has 2 fully saturated rings. The van der Waals surface area contributed by atoms with Gasteiger partial charge in [0.1, 0.15) is 11.9 Å². The van der Waals surface area contributed by atoms with E-state index >= 15 is 0 Å². The highest BCUT2D eigenvalue weighted by atomic mass is 16.5. The third-order valence-electron chi connectivity index (χ3n) is 7.46. The number of benzene rings is 1. The molecule has 3 heterocycles. The maximum atomic E-state index is 11.0. The lowest BCUT2D eigenvalue weighted by Crippen LogP contribution is -2.69. The summed E-state index contributed by atoms with van der Waals surface area (Å²) in [5.41, 5.74) is 2.31. The van der Waals surface area contributed by atoms with Crippen molar-refractivity contribution >= 4 is 12.1 Å². The molecular formula is C25H39N3O5. The summed E-state index contributed by atoms with van der Waals surface area (Å²) in [6.07, 6.45) is 5.08. The molecule has 1 saturated carbocycles. The minimum atomic E-state index is -0.752. The summed E-state index contributed by atoms with van der Waals surface area (Å²) in [6, 6.07) is 6.43. The molecule has 8 nitrogen and oxygen atoms in total. The smallest absolute Gasteiger partial charge is 0.207 e. The van der Waals surface area contributed by atoms with Crippen molar-refractivity contribution in [2.45, 2.75) is 56.4 Å². The number of hydrogen-bond donors (Lipinski definition) is 4. The Morgan fingerprint density at radius 3 is 2.67 bits per heavy atom. The second-order valence-corrected chi connectivity index (χ2v) is 8.80. The number of amides is 1. The topological polar surface area (TPSA) is 106 Å². The monoisotopic (exact) mass is 461 g/mol. The molecule has 5 unspecified atom stereocenters. The van der Waals surface area contributed by atoms with Gasteiger partial charge in [-0.2, -0.15) is 0 Å². The molecule has 1 amide bonds. The summed E-state index contributed by atoms with van der Waals surface area (Å²) in [6.45, 7) is 6.66. The predicted molar refractivity (Wildman–Crippen MR) is 129 cm³/mol. The van der Waals surface area contributed by atoms with Crippen molar-refractivity contribution in [3.63, 3.8) is 0 Å². The van der Waals surface area contributed by atoms with Crippen molar-refractivity contribution in [2.75, 3.05) is 45.3 Å². The zero-order valence-corrected chi connectivity index (χ0v) is 20.1. The van der Waals surface area contributed by atoms with Crippen LogP contribution in [0.5, 0.6) is 5.75 Å². The highest BCUT2D eigenvalue weighted by molar-refractivity contribution is 5.69. The fourth-order valence-electron chi connectivity index (χ4n) is 6.28. The Hall–Kier alpha value is -2.13. The van der Waals surface area contributed by atoms with Gasteiger partial charge >= 0.3 is 0 Å². The number of methoxy groups -OCH3 is 1. The summed E-state index contributed by atoms with van der Waals surface area (Å²) in [5.74, 6) is 0.828. The number of carbonyl (C=O) groups excluding carboxylic acids is 1. The number of aliphatic hydroxyl groups is 3. The first-order valence-electron chi connectivity index (χ1n) is 12.0. The third kappa shape index (κ3) is 4.14. The van der Waals surface area contributed by atoms with E-state index in [2.05, 4.69) is 39.4 Å². The molecule has 1 spiro atoms. The number of nitrogens with one attached hydrogen (secondary N) is 1. The Bertz CT molecular complexity index is 834. The van der Waals surface area contributed by atoms with Crippen LogP contribution in [0.25, 0.3) is 0 Å². The van der Waals surface area contributed by atoms with Crippen LogP contribution in [0.1, 0.15) is 32.3 Å². The molecule has 33 heavy (non-hydrogen) atoms. The van der Waals surface area contributed by atoms with Crippen molar-refractivity contribution in [2.24, 2.45) is 5.92 Å². The second-order valence-electron chi connectivity index (χ2n) is 8.80. The molecule has 1 aromatic rings. The van der Waals surface area contributed by atoms with Gasteiger partial charge in [-0.3, -0.25) is 9.69 Å². The predicted octanol–water partition coefficient (Wildman–Crippen LogP) is 0.888. The molecule has 8 heteroatoms. The second kappa shape index (κ2) is 10.9. The van der Waals surface area contributed by atoms with Gasteiger partial charge in [0.15, 0.2) is 0 Å². The summed E-state index contributed by atoms with van der Waals surface area (Å²) in [5, 5.41) is 32.3. The minimum absolute atomic E-state index is 0.00560. The summed E-state index contributed by atoms with van der Waals surface area (Å²) >= 11 is 0. The largest absolute Gasteiger partial charge is 0.497 e. The van der Waals surface area contributed by atoms with E-state index in [4.69, 9.17) is 9.84 Å². The van der Waals surface area contributed by atoms with Crippen LogP contribution in [0.15, 0.2) is 30.4 Å². The number of ether oxygens (including phenoxy) is 1. The maximum absolute atomic E-state index is 11.0. The number of fused-ring (bicyclic) bond motifs is 1. The van der Waals surface area contributed by atoms with E-state index in [0.717, 1.165) is 30.9 Å². The third-order valence-corrected chi connectivity index (χ3v) is 7.46. The number of rotatable bonds is 5. The van der Waals surface area contributed by atoms with E-state index in [0.29, 0.717) is 19.4 Å². The van der Waals surface area contributed by atoms with Gasteiger partial charge in [-0.1, -0.05) is 32.1 Å². The number of anilines is 1. The average molecular weight is 462 g/mol. The summed E-state index contributed by atoms with van der Waals surface area (Å²) in [7, 11) is 3.72. The van der Waals surface area contributed by atoms with E-state index < -0.39 is 12.2 Å². The Labute approximate surface area is 196 Å². The molecule has 0 aromatic heterocycles. The fourth-order valence-corrected chi connectivity index (χ4v) is 6.28. The maximum Gasteiger partial charge on any atom is 0.207 e. The van der Waals surface area contributed by atoms with E-state index in [1.165, 1.54) is 5.56 Å². The van der Waals surface area contributed by atoms with Gasteiger partial charge in [-0.05, 0) is 31.0 Å². The van der Waals surface area contributed by atoms with Crippen LogP contribution in [0, 0.1) is 5.92 Å². The lowest BCUT2D eigenvalue weighted by molar-refractivity contribution is -0.109. The molecule has 5 rings (SSSR count). The van der Waals surface area contributed by atoms with Crippen LogP contribution in [0.2, 0.25) is 0 Å². The van der Waals surface area contributed by atoms with Crippen molar-refractivity contribution in [1.82, 2.24) is 10.2 Å². The number of nitrogens with zero attached hydrogens (tertiary/aromatic N) is 2. The zero-order chi connectivity index (χ0) is 24.2. The Morgan fingerprint density at radius 1 is 1.24 bits per heavy atom. The van der Waals surface area contributed by atoms with Gasteiger partial charge in [-0.15, -0.1) is 0 Å². The van der Waals surface area contributed by atoms with Crippen LogP contribution in [0.4, 0.5) is 5.69 Å².